The molecule has 5 heteroatoms. The van der Waals surface area contributed by atoms with Crippen LogP contribution in [0.1, 0.15) is 24.9 Å². The number of carboxylic acids is 1. The minimum Gasteiger partial charge on any atom is -0.494 e. The number of ether oxygens (including phenoxy) is 1. The average Bonchev–Trinajstić information content (AvgIpc) is 2.37. The smallest absolute Gasteiger partial charge is 0.320 e. The molecule has 0 aliphatic heterocycles. The Morgan fingerprint density at radius 3 is 2.50 bits per heavy atom. The molecule has 2 atom stereocenters. The van der Waals surface area contributed by atoms with Crippen LogP contribution < -0.4 is 15.8 Å². The van der Waals surface area contributed by atoms with Crippen LogP contribution in [0.4, 0.5) is 0 Å². The lowest BCUT2D eigenvalue weighted by atomic mass is 10.00. The summed E-state index contributed by atoms with van der Waals surface area (Å²) in [7, 11) is 1.79. The minimum atomic E-state index is -0.985. The van der Waals surface area contributed by atoms with Crippen LogP contribution in [-0.2, 0) is 4.79 Å². The molecule has 0 fully saturated rings. The second kappa shape index (κ2) is 6.98. The van der Waals surface area contributed by atoms with Gasteiger partial charge < -0.3 is 20.9 Å². The summed E-state index contributed by atoms with van der Waals surface area (Å²) in [6.45, 7) is 2.55. The van der Waals surface area contributed by atoms with Crippen molar-refractivity contribution in [1.29, 1.82) is 0 Å². The van der Waals surface area contributed by atoms with E-state index >= 15 is 0 Å². The predicted octanol–water partition coefficient (Wildman–Crippen LogP) is 1.15. The third kappa shape index (κ3) is 4.01. The van der Waals surface area contributed by atoms with E-state index in [2.05, 4.69) is 5.32 Å². The maximum Gasteiger partial charge on any atom is 0.320 e. The van der Waals surface area contributed by atoms with Gasteiger partial charge in [0.2, 0.25) is 0 Å². The summed E-state index contributed by atoms with van der Waals surface area (Å²) in [6, 6.07) is 6.63. The van der Waals surface area contributed by atoms with E-state index in [0.29, 0.717) is 13.0 Å². The SMILES string of the molecule is CCOc1ccc(C(CC(N)C(=O)O)NC)cc1. The number of hydrogen-bond acceptors (Lipinski definition) is 4. The number of carboxylic acid groups (broad SMARTS) is 1. The first-order chi connectivity index (χ1) is 8.58. The number of carbonyl (C=O) groups is 1. The van der Waals surface area contributed by atoms with Gasteiger partial charge in [-0.3, -0.25) is 4.79 Å². The summed E-state index contributed by atoms with van der Waals surface area (Å²) >= 11 is 0. The van der Waals surface area contributed by atoms with E-state index in [1.54, 1.807) is 7.05 Å². The molecule has 0 aliphatic carbocycles. The third-order valence-corrected chi connectivity index (χ3v) is 2.75. The molecule has 0 heterocycles. The molecule has 4 N–H and O–H groups in total. The van der Waals surface area contributed by atoms with Crippen molar-refractivity contribution >= 4 is 5.97 Å². The highest BCUT2D eigenvalue weighted by Crippen LogP contribution is 2.21. The van der Waals surface area contributed by atoms with Gasteiger partial charge in [-0.15, -0.1) is 0 Å². The van der Waals surface area contributed by atoms with Gasteiger partial charge in [-0.1, -0.05) is 12.1 Å². The molecule has 5 nitrogen and oxygen atoms in total. The third-order valence-electron chi connectivity index (χ3n) is 2.75. The second-order valence-corrected chi connectivity index (χ2v) is 4.02. The van der Waals surface area contributed by atoms with Gasteiger partial charge in [0.1, 0.15) is 11.8 Å². The molecule has 0 spiro atoms. The van der Waals surface area contributed by atoms with Crippen molar-refractivity contribution in [2.75, 3.05) is 13.7 Å². The normalized spacial score (nSPS) is 13.9. The van der Waals surface area contributed by atoms with Crippen LogP contribution in [-0.4, -0.2) is 30.8 Å². The Labute approximate surface area is 107 Å². The summed E-state index contributed by atoms with van der Waals surface area (Å²) < 4.78 is 5.35. The van der Waals surface area contributed by atoms with Crippen molar-refractivity contribution in [3.8, 4) is 5.75 Å². The first-order valence-electron chi connectivity index (χ1n) is 5.96. The highest BCUT2D eigenvalue weighted by molar-refractivity contribution is 5.73. The Bertz CT molecular complexity index is 378. The first-order valence-corrected chi connectivity index (χ1v) is 5.96. The molecule has 1 rings (SSSR count). The fraction of sp³-hybridized carbons (Fsp3) is 0.462. The van der Waals surface area contributed by atoms with Crippen LogP contribution >= 0.6 is 0 Å². The van der Waals surface area contributed by atoms with E-state index in [1.807, 2.05) is 31.2 Å². The zero-order chi connectivity index (χ0) is 13.5. The van der Waals surface area contributed by atoms with E-state index in [1.165, 1.54) is 0 Å². The van der Waals surface area contributed by atoms with Crippen molar-refractivity contribution in [2.45, 2.75) is 25.4 Å². The largest absolute Gasteiger partial charge is 0.494 e. The van der Waals surface area contributed by atoms with Crippen LogP contribution in [0.15, 0.2) is 24.3 Å². The molecule has 18 heavy (non-hydrogen) atoms. The van der Waals surface area contributed by atoms with Crippen LogP contribution in [0.25, 0.3) is 0 Å². The molecular formula is C13H20N2O3. The number of aliphatic carboxylic acids is 1. The molecule has 0 radical (unpaired) electrons. The van der Waals surface area contributed by atoms with Gasteiger partial charge in [0.15, 0.2) is 0 Å². The summed E-state index contributed by atoms with van der Waals surface area (Å²) in [5.74, 6) is -0.181. The second-order valence-electron chi connectivity index (χ2n) is 4.02. The van der Waals surface area contributed by atoms with Gasteiger partial charge in [0.05, 0.1) is 6.61 Å². The van der Waals surface area contributed by atoms with Crippen molar-refractivity contribution in [3.05, 3.63) is 29.8 Å². The van der Waals surface area contributed by atoms with Crippen LogP contribution in [0.5, 0.6) is 5.75 Å². The molecule has 0 amide bonds. The average molecular weight is 252 g/mol. The first kappa shape index (κ1) is 14.5. The Hall–Kier alpha value is -1.59. The molecule has 0 aliphatic rings. The predicted molar refractivity (Wildman–Crippen MR) is 69.6 cm³/mol. The minimum absolute atomic E-state index is 0.0771. The summed E-state index contributed by atoms with van der Waals surface area (Å²) in [5, 5.41) is 11.9. The van der Waals surface area contributed by atoms with Gasteiger partial charge in [0.25, 0.3) is 0 Å². The fourth-order valence-corrected chi connectivity index (χ4v) is 1.74. The van der Waals surface area contributed by atoms with Crippen molar-refractivity contribution in [3.63, 3.8) is 0 Å². The van der Waals surface area contributed by atoms with E-state index in [9.17, 15) is 4.79 Å². The van der Waals surface area contributed by atoms with Crippen LogP contribution in [0.3, 0.4) is 0 Å². The maximum absolute atomic E-state index is 10.7. The van der Waals surface area contributed by atoms with Gasteiger partial charge in [-0.2, -0.15) is 0 Å². The molecule has 2 unspecified atom stereocenters. The molecule has 1 aromatic carbocycles. The molecule has 1 aromatic rings. The lowest BCUT2D eigenvalue weighted by molar-refractivity contribution is -0.138. The van der Waals surface area contributed by atoms with Crippen LogP contribution in [0.2, 0.25) is 0 Å². The van der Waals surface area contributed by atoms with Gasteiger partial charge in [-0.05, 0) is 38.1 Å². The molecular weight excluding hydrogens is 232 g/mol. The lowest BCUT2D eigenvalue weighted by Crippen LogP contribution is -2.34. The van der Waals surface area contributed by atoms with Crippen molar-refractivity contribution in [2.24, 2.45) is 5.73 Å². The number of nitrogens with two attached hydrogens (primary N) is 1. The number of nitrogens with one attached hydrogen (secondary N) is 1. The monoisotopic (exact) mass is 252 g/mol. The quantitative estimate of drug-likeness (QED) is 0.678. The summed E-state index contributed by atoms with van der Waals surface area (Å²) in [5.41, 5.74) is 6.54. The van der Waals surface area contributed by atoms with E-state index in [0.717, 1.165) is 11.3 Å². The highest BCUT2D eigenvalue weighted by Gasteiger charge is 2.18. The molecule has 0 saturated heterocycles. The Morgan fingerprint density at radius 1 is 1.44 bits per heavy atom. The molecule has 0 saturated carbocycles. The van der Waals surface area contributed by atoms with E-state index in [-0.39, 0.29) is 6.04 Å². The Kier molecular flexibility index (Phi) is 5.61. The van der Waals surface area contributed by atoms with Gasteiger partial charge in [-0.25, -0.2) is 0 Å². The fourth-order valence-electron chi connectivity index (χ4n) is 1.74. The van der Waals surface area contributed by atoms with Gasteiger partial charge in [0, 0.05) is 6.04 Å². The number of rotatable bonds is 7. The lowest BCUT2D eigenvalue weighted by Gasteiger charge is -2.19. The molecule has 0 bridgehead atoms. The van der Waals surface area contributed by atoms with Crippen molar-refractivity contribution < 1.29 is 14.6 Å². The van der Waals surface area contributed by atoms with E-state index in [4.69, 9.17) is 15.6 Å². The van der Waals surface area contributed by atoms with E-state index < -0.39 is 12.0 Å². The van der Waals surface area contributed by atoms with Crippen molar-refractivity contribution in [1.82, 2.24) is 5.32 Å². The standard InChI is InChI=1S/C13H20N2O3/c1-3-18-10-6-4-9(5-7-10)12(15-2)8-11(14)13(16)17/h4-7,11-12,15H,3,8,14H2,1-2H3,(H,16,17). The zero-order valence-corrected chi connectivity index (χ0v) is 10.7. The number of benzene rings is 1. The summed E-state index contributed by atoms with van der Waals surface area (Å²) in [6.07, 6.45) is 0.347. The van der Waals surface area contributed by atoms with Gasteiger partial charge >= 0.3 is 5.97 Å². The topological polar surface area (TPSA) is 84.6 Å². The maximum atomic E-state index is 10.7. The highest BCUT2D eigenvalue weighted by atomic mass is 16.5. The van der Waals surface area contributed by atoms with Crippen LogP contribution in [0, 0.1) is 0 Å². The summed E-state index contributed by atoms with van der Waals surface area (Å²) in [4.78, 5) is 10.7. The Balaban J connectivity index is 2.72. The number of hydrogen-bond donors (Lipinski definition) is 3. The molecule has 0 aromatic heterocycles. The molecule has 100 valence electrons. The Morgan fingerprint density at radius 2 is 2.06 bits per heavy atom. The zero-order valence-electron chi connectivity index (χ0n) is 10.7.